The normalized spacial score (nSPS) is 21.3. The molecule has 0 saturated carbocycles. The van der Waals surface area contributed by atoms with Gasteiger partial charge in [0.15, 0.2) is 0 Å². The van der Waals surface area contributed by atoms with Crippen molar-refractivity contribution in [3.8, 4) is 0 Å². The molecule has 2 aromatic heterocycles. The van der Waals surface area contributed by atoms with Crippen molar-refractivity contribution < 1.29 is 9.59 Å². The maximum absolute atomic E-state index is 13.4. The van der Waals surface area contributed by atoms with E-state index in [1.807, 2.05) is 29.0 Å². The molecule has 2 amide bonds. The molecule has 4 heterocycles. The van der Waals surface area contributed by atoms with Gasteiger partial charge in [-0.3, -0.25) is 19.3 Å². The van der Waals surface area contributed by atoms with Gasteiger partial charge in [-0.1, -0.05) is 0 Å². The third-order valence-electron chi connectivity index (χ3n) is 7.07. The van der Waals surface area contributed by atoms with Crippen molar-refractivity contribution in [1.29, 1.82) is 0 Å². The van der Waals surface area contributed by atoms with E-state index in [4.69, 9.17) is 0 Å². The van der Waals surface area contributed by atoms with Crippen molar-refractivity contribution in [2.75, 3.05) is 26.2 Å². The molecule has 2 aliphatic heterocycles. The number of likely N-dealkylation sites (tertiary alicyclic amines) is 2. The monoisotopic (exact) mass is 421 g/mol. The minimum Gasteiger partial charge on any atom is -0.339 e. The number of amides is 2. The van der Waals surface area contributed by atoms with Crippen LogP contribution in [-0.4, -0.2) is 62.6 Å². The number of carbonyl (C=O) groups excluding carboxylic acids is 2. The van der Waals surface area contributed by atoms with Crippen molar-refractivity contribution in [1.82, 2.24) is 24.6 Å². The topological polar surface area (TPSA) is 71.3 Å². The van der Waals surface area contributed by atoms with Gasteiger partial charge in [0.05, 0.1) is 11.3 Å². The molecule has 2 fully saturated rings. The Balaban J connectivity index is 1.30. The fourth-order valence-electron chi connectivity index (χ4n) is 5.38. The minimum absolute atomic E-state index is 0.0815. The van der Waals surface area contributed by atoms with Crippen LogP contribution in [0.5, 0.6) is 0 Å². The maximum atomic E-state index is 13.4. The Morgan fingerprint density at radius 2 is 1.71 bits per heavy atom. The first kappa shape index (κ1) is 20.2. The van der Waals surface area contributed by atoms with Crippen LogP contribution in [0, 0.1) is 0 Å². The minimum atomic E-state index is 0.0815. The van der Waals surface area contributed by atoms with E-state index in [2.05, 4.69) is 10.1 Å². The molecule has 164 valence electrons. The first-order valence-electron chi connectivity index (χ1n) is 11.7. The van der Waals surface area contributed by atoms with Crippen LogP contribution in [0.2, 0.25) is 0 Å². The fraction of sp³-hybridized carbons (Fsp3) is 0.583. The second-order valence-corrected chi connectivity index (χ2v) is 9.17. The Kier molecular flexibility index (Phi) is 5.50. The van der Waals surface area contributed by atoms with Gasteiger partial charge in [-0.15, -0.1) is 0 Å². The van der Waals surface area contributed by atoms with Crippen LogP contribution >= 0.6 is 0 Å². The van der Waals surface area contributed by atoms with E-state index in [0.717, 1.165) is 93.6 Å². The third kappa shape index (κ3) is 3.86. The van der Waals surface area contributed by atoms with Gasteiger partial charge in [0.25, 0.3) is 11.8 Å². The molecule has 7 nitrogen and oxygen atoms in total. The number of nitrogens with zero attached hydrogens (tertiary/aromatic N) is 5. The highest BCUT2D eigenvalue weighted by molar-refractivity contribution is 5.95. The summed E-state index contributed by atoms with van der Waals surface area (Å²) < 4.78 is 1.79. The highest BCUT2D eigenvalue weighted by Crippen LogP contribution is 2.29. The van der Waals surface area contributed by atoms with Crippen LogP contribution in [-0.2, 0) is 19.9 Å². The molecule has 0 bridgehead atoms. The lowest BCUT2D eigenvalue weighted by Crippen LogP contribution is -2.40. The Hall–Kier alpha value is -2.70. The number of aryl methyl sites for hydroxylation is 2. The van der Waals surface area contributed by atoms with E-state index < -0.39 is 0 Å². The van der Waals surface area contributed by atoms with Gasteiger partial charge in [-0.2, -0.15) is 5.10 Å². The Morgan fingerprint density at radius 1 is 0.935 bits per heavy atom. The smallest absolute Gasteiger partial charge is 0.272 e. The van der Waals surface area contributed by atoms with Crippen molar-refractivity contribution in [3.05, 3.63) is 46.5 Å². The number of hydrogen-bond acceptors (Lipinski definition) is 4. The van der Waals surface area contributed by atoms with Crippen LogP contribution in [0.3, 0.4) is 0 Å². The molecule has 5 rings (SSSR count). The molecule has 1 atom stereocenters. The third-order valence-corrected chi connectivity index (χ3v) is 7.07. The number of fused-ring (bicyclic) bond motifs is 1. The summed E-state index contributed by atoms with van der Waals surface area (Å²) >= 11 is 0. The number of piperidine rings is 1. The molecule has 3 aliphatic rings. The van der Waals surface area contributed by atoms with Gasteiger partial charge in [0.2, 0.25) is 0 Å². The van der Waals surface area contributed by atoms with Crippen LogP contribution in [0.4, 0.5) is 0 Å². The summed E-state index contributed by atoms with van der Waals surface area (Å²) in [7, 11) is 1.89. The van der Waals surface area contributed by atoms with Gasteiger partial charge in [0.1, 0.15) is 5.69 Å². The molecule has 2 saturated heterocycles. The van der Waals surface area contributed by atoms with E-state index in [0.29, 0.717) is 12.1 Å². The molecule has 2 aromatic rings. The summed E-state index contributed by atoms with van der Waals surface area (Å²) in [6.07, 6.45) is 10.1. The lowest BCUT2D eigenvalue weighted by molar-refractivity contribution is 0.0693. The van der Waals surface area contributed by atoms with E-state index in [-0.39, 0.29) is 17.7 Å². The van der Waals surface area contributed by atoms with E-state index in [1.165, 1.54) is 0 Å². The molecular weight excluding hydrogens is 390 g/mol. The summed E-state index contributed by atoms with van der Waals surface area (Å²) in [5.74, 6) is 0.388. The highest BCUT2D eigenvalue weighted by atomic mass is 16.2. The predicted molar refractivity (Wildman–Crippen MR) is 117 cm³/mol. The lowest BCUT2D eigenvalue weighted by atomic mass is 9.92. The first-order chi connectivity index (χ1) is 15.1. The van der Waals surface area contributed by atoms with Crippen molar-refractivity contribution >= 4 is 11.8 Å². The Morgan fingerprint density at radius 3 is 2.48 bits per heavy atom. The second kappa shape index (κ2) is 8.44. The van der Waals surface area contributed by atoms with E-state index >= 15 is 0 Å². The van der Waals surface area contributed by atoms with Gasteiger partial charge in [-0.25, -0.2) is 0 Å². The van der Waals surface area contributed by atoms with Gasteiger partial charge in [-0.05, 0) is 63.5 Å². The second-order valence-electron chi connectivity index (χ2n) is 9.17. The molecule has 31 heavy (non-hydrogen) atoms. The van der Waals surface area contributed by atoms with Crippen LogP contribution < -0.4 is 0 Å². The fourth-order valence-corrected chi connectivity index (χ4v) is 5.38. The van der Waals surface area contributed by atoms with Crippen LogP contribution in [0.25, 0.3) is 0 Å². The summed E-state index contributed by atoms with van der Waals surface area (Å²) in [4.78, 5) is 34.5. The Bertz CT molecular complexity index is 975. The molecule has 0 aromatic carbocycles. The number of hydrogen-bond donors (Lipinski definition) is 0. The van der Waals surface area contributed by atoms with E-state index in [9.17, 15) is 9.59 Å². The average Bonchev–Trinajstić information content (AvgIpc) is 3.46. The lowest BCUT2D eigenvalue weighted by Gasteiger charge is -2.33. The number of aromatic nitrogens is 3. The SMILES string of the molecule is Cn1nc2c(c1C(=O)N1CCCC(c3ccc(C(=O)N4CCCC4)cn3)C1)CCCC2. The molecule has 0 spiro atoms. The van der Waals surface area contributed by atoms with Crippen molar-refractivity contribution in [2.24, 2.45) is 7.05 Å². The van der Waals surface area contributed by atoms with Gasteiger partial charge >= 0.3 is 0 Å². The molecule has 1 aliphatic carbocycles. The van der Waals surface area contributed by atoms with Crippen LogP contribution in [0.1, 0.15) is 82.2 Å². The van der Waals surface area contributed by atoms with Gasteiger partial charge < -0.3 is 9.80 Å². The first-order valence-corrected chi connectivity index (χ1v) is 11.7. The number of rotatable bonds is 3. The van der Waals surface area contributed by atoms with Crippen molar-refractivity contribution in [2.45, 2.75) is 57.3 Å². The highest BCUT2D eigenvalue weighted by Gasteiger charge is 2.31. The van der Waals surface area contributed by atoms with E-state index in [1.54, 1.807) is 10.9 Å². The zero-order chi connectivity index (χ0) is 21.4. The molecule has 7 heteroatoms. The zero-order valence-corrected chi connectivity index (χ0v) is 18.3. The molecular formula is C24H31N5O2. The molecule has 1 unspecified atom stereocenters. The predicted octanol–water partition coefficient (Wildman–Crippen LogP) is 2.95. The van der Waals surface area contributed by atoms with Gasteiger partial charge in [0, 0.05) is 56.6 Å². The Labute approximate surface area is 183 Å². The summed E-state index contributed by atoms with van der Waals surface area (Å²) in [6, 6.07) is 3.88. The largest absolute Gasteiger partial charge is 0.339 e. The quantitative estimate of drug-likeness (QED) is 0.764. The standard InChI is InChI=1S/C24H31N5O2/c1-27-22(19-8-2-3-9-21(19)26-27)24(31)29-14-6-7-18(16-29)20-11-10-17(15-25-20)23(30)28-12-4-5-13-28/h10-11,15,18H,2-9,12-14,16H2,1H3. The van der Waals surface area contributed by atoms with Crippen LogP contribution in [0.15, 0.2) is 18.3 Å². The zero-order valence-electron chi connectivity index (χ0n) is 18.3. The maximum Gasteiger partial charge on any atom is 0.272 e. The number of carbonyl (C=O) groups is 2. The molecule has 0 radical (unpaired) electrons. The summed E-state index contributed by atoms with van der Waals surface area (Å²) in [5, 5.41) is 4.62. The summed E-state index contributed by atoms with van der Waals surface area (Å²) in [5.41, 5.74) is 4.67. The van der Waals surface area contributed by atoms with Crippen molar-refractivity contribution in [3.63, 3.8) is 0 Å². The molecule has 0 N–H and O–H groups in total. The summed E-state index contributed by atoms with van der Waals surface area (Å²) in [6.45, 7) is 3.14. The average molecular weight is 422 g/mol. The number of pyridine rings is 1.